The fourth-order valence-corrected chi connectivity index (χ4v) is 1.81. The first-order valence-corrected chi connectivity index (χ1v) is 5.62. The topological polar surface area (TPSA) is 53.4 Å². The van der Waals surface area contributed by atoms with Gasteiger partial charge in [-0.25, -0.2) is 0 Å². The standard InChI is InChI=1S/C10H16N2O2S/c1-10(2,3)12(6-9(13)14)5-8-4-11-7-15-8/h4,7H,5-6H2,1-3H3,(H,13,14). The highest BCUT2D eigenvalue weighted by Crippen LogP contribution is 2.18. The third-order valence-electron chi connectivity index (χ3n) is 2.10. The second-order valence-corrected chi connectivity index (χ2v) is 5.36. The van der Waals surface area contributed by atoms with Crippen LogP contribution in [0, 0.1) is 0 Å². The number of carbonyl (C=O) groups is 1. The molecule has 0 aliphatic rings. The van der Waals surface area contributed by atoms with Crippen LogP contribution in [0.5, 0.6) is 0 Å². The summed E-state index contributed by atoms with van der Waals surface area (Å²) in [4.78, 5) is 17.7. The largest absolute Gasteiger partial charge is 0.480 e. The lowest BCUT2D eigenvalue weighted by Gasteiger charge is -2.33. The van der Waals surface area contributed by atoms with E-state index in [0.717, 1.165) is 4.88 Å². The van der Waals surface area contributed by atoms with Crippen molar-refractivity contribution in [3.8, 4) is 0 Å². The first kappa shape index (κ1) is 12.1. The van der Waals surface area contributed by atoms with E-state index in [1.807, 2.05) is 25.7 Å². The molecule has 0 saturated carbocycles. The number of carboxylic acid groups (broad SMARTS) is 1. The molecule has 0 saturated heterocycles. The zero-order valence-corrected chi connectivity index (χ0v) is 10.0. The van der Waals surface area contributed by atoms with E-state index < -0.39 is 5.97 Å². The van der Waals surface area contributed by atoms with Gasteiger partial charge in [-0.3, -0.25) is 14.7 Å². The van der Waals surface area contributed by atoms with Gasteiger partial charge in [-0.05, 0) is 20.8 Å². The minimum Gasteiger partial charge on any atom is -0.480 e. The summed E-state index contributed by atoms with van der Waals surface area (Å²) in [5.74, 6) is -0.797. The van der Waals surface area contributed by atoms with Gasteiger partial charge in [0.2, 0.25) is 0 Å². The molecule has 84 valence electrons. The number of rotatable bonds is 4. The molecule has 4 nitrogen and oxygen atoms in total. The molecular formula is C10H16N2O2S. The maximum atomic E-state index is 10.7. The van der Waals surface area contributed by atoms with Crippen LogP contribution >= 0.6 is 11.3 Å². The maximum absolute atomic E-state index is 10.7. The Morgan fingerprint density at radius 1 is 1.60 bits per heavy atom. The minimum atomic E-state index is -0.797. The Bertz CT molecular complexity index is 317. The molecule has 1 N–H and O–H groups in total. The van der Waals surface area contributed by atoms with Gasteiger partial charge >= 0.3 is 5.97 Å². The van der Waals surface area contributed by atoms with Gasteiger partial charge in [-0.15, -0.1) is 11.3 Å². The van der Waals surface area contributed by atoms with Crippen LogP contribution in [-0.2, 0) is 11.3 Å². The lowest BCUT2D eigenvalue weighted by atomic mass is 10.1. The van der Waals surface area contributed by atoms with Crippen molar-refractivity contribution in [2.45, 2.75) is 32.9 Å². The van der Waals surface area contributed by atoms with E-state index in [1.165, 1.54) is 0 Å². The number of aliphatic carboxylic acids is 1. The summed E-state index contributed by atoms with van der Waals surface area (Å²) in [7, 11) is 0. The number of thiazole rings is 1. The molecule has 0 spiro atoms. The molecule has 15 heavy (non-hydrogen) atoms. The number of hydrogen-bond acceptors (Lipinski definition) is 4. The average Bonchev–Trinajstić information content (AvgIpc) is 2.53. The summed E-state index contributed by atoms with van der Waals surface area (Å²) >= 11 is 1.55. The molecule has 1 aromatic rings. The monoisotopic (exact) mass is 228 g/mol. The molecule has 0 amide bonds. The maximum Gasteiger partial charge on any atom is 0.317 e. The lowest BCUT2D eigenvalue weighted by Crippen LogP contribution is -2.43. The van der Waals surface area contributed by atoms with E-state index in [0.29, 0.717) is 6.54 Å². The van der Waals surface area contributed by atoms with Crippen LogP contribution in [-0.4, -0.2) is 33.0 Å². The highest BCUT2D eigenvalue weighted by molar-refractivity contribution is 7.09. The summed E-state index contributed by atoms with van der Waals surface area (Å²) in [6.07, 6.45) is 1.78. The molecule has 0 aliphatic carbocycles. The van der Waals surface area contributed by atoms with Gasteiger partial charge < -0.3 is 5.11 Å². The van der Waals surface area contributed by atoms with E-state index >= 15 is 0 Å². The average molecular weight is 228 g/mol. The van der Waals surface area contributed by atoms with Crippen molar-refractivity contribution in [1.82, 2.24) is 9.88 Å². The SMILES string of the molecule is CC(C)(C)N(CC(=O)O)Cc1cncs1. The summed E-state index contributed by atoms with van der Waals surface area (Å²) < 4.78 is 0. The quantitative estimate of drug-likeness (QED) is 0.854. The Balaban J connectivity index is 2.69. The first-order chi connectivity index (χ1) is 6.89. The van der Waals surface area contributed by atoms with Gasteiger partial charge in [0.15, 0.2) is 0 Å². The molecular weight excluding hydrogens is 212 g/mol. The van der Waals surface area contributed by atoms with Crippen LogP contribution in [0.2, 0.25) is 0 Å². The van der Waals surface area contributed by atoms with E-state index in [1.54, 1.807) is 23.0 Å². The third-order valence-corrected chi connectivity index (χ3v) is 2.87. The third kappa shape index (κ3) is 3.97. The van der Waals surface area contributed by atoms with Gasteiger partial charge in [0, 0.05) is 23.2 Å². The summed E-state index contributed by atoms with van der Waals surface area (Å²) in [6, 6.07) is 0. The van der Waals surface area contributed by atoms with E-state index in [4.69, 9.17) is 5.11 Å². The molecule has 5 heteroatoms. The highest BCUT2D eigenvalue weighted by atomic mass is 32.1. The molecule has 1 aromatic heterocycles. The summed E-state index contributed by atoms with van der Waals surface area (Å²) in [6.45, 7) is 6.73. The zero-order valence-electron chi connectivity index (χ0n) is 9.23. The summed E-state index contributed by atoms with van der Waals surface area (Å²) in [5, 5.41) is 8.82. The van der Waals surface area contributed by atoms with Crippen LogP contribution < -0.4 is 0 Å². The van der Waals surface area contributed by atoms with Crippen molar-refractivity contribution in [3.05, 3.63) is 16.6 Å². The molecule has 0 aliphatic heterocycles. The Labute approximate surface area is 93.6 Å². The predicted molar refractivity (Wildman–Crippen MR) is 59.9 cm³/mol. The van der Waals surface area contributed by atoms with E-state index in [-0.39, 0.29) is 12.1 Å². The van der Waals surface area contributed by atoms with Crippen molar-refractivity contribution in [3.63, 3.8) is 0 Å². The first-order valence-electron chi connectivity index (χ1n) is 4.74. The Morgan fingerprint density at radius 2 is 2.27 bits per heavy atom. The molecule has 1 rings (SSSR count). The molecule has 0 fully saturated rings. The highest BCUT2D eigenvalue weighted by Gasteiger charge is 2.23. The van der Waals surface area contributed by atoms with Gasteiger partial charge in [-0.1, -0.05) is 0 Å². The van der Waals surface area contributed by atoms with Gasteiger partial charge in [0.1, 0.15) is 0 Å². The Morgan fingerprint density at radius 3 is 2.67 bits per heavy atom. The summed E-state index contributed by atoms with van der Waals surface area (Å²) in [5.41, 5.74) is 1.61. The lowest BCUT2D eigenvalue weighted by molar-refractivity contribution is -0.139. The van der Waals surface area contributed by atoms with Crippen LogP contribution in [0.3, 0.4) is 0 Å². The van der Waals surface area contributed by atoms with Crippen LogP contribution in [0.25, 0.3) is 0 Å². The number of hydrogen-bond donors (Lipinski definition) is 1. The van der Waals surface area contributed by atoms with Crippen molar-refractivity contribution in [1.29, 1.82) is 0 Å². The number of aromatic nitrogens is 1. The van der Waals surface area contributed by atoms with Gasteiger partial charge in [-0.2, -0.15) is 0 Å². The van der Waals surface area contributed by atoms with Crippen molar-refractivity contribution in [2.24, 2.45) is 0 Å². The fraction of sp³-hybridized carbons (Fsp3) is 0.600. The second kappa shape index (κ2) is 4.72. The fourth-order valence-electron chi connectivity index (χ4n) is 1.20. The Kier molecular flexibility index (Phi) is 3.82. The van der Waals surface area contributed by atoms with Crippen molar-refractivity contribution in [2.75, 3.05) is 6.54 Å². The van der Waals surface area contributed by atoms with Crippen molar-refractivity contribution >= 4 is 17.3 Å². The molecule has 0 aromatic carbocycles. The molecule has 0 atom stereocenters. The van der Waals surface area contributed by atoms with Crippen LogP contribution in [0.1, 0.15) is 25.6 Å². The van der Waals surface area contributed by atoms with Gasteiger partial charge in [0.25, 0.3) is 0 Å². The van der Waals surface area contributed by atoms with Crippen molar-refractivity contribution < 1.29 is 9.90 Å². The van der Waals surface area contributed by atoms with E-state index in [2.05, 4.69) is 4.98 Å². The molecule has 1 heterocycles. The number of carboxylic acids is 1. The van der Waals surface area contributed by atoms with Crippen LogP contribution in [0.4, 0.5) is 0 Å². The smallest absolute Gasteiger partial charge is 0.317 e. The van der Waals surface area contributed by atoms with E-state index in [9.17, 15) is 4.79 Å². The minimum absolute atomic E-state index is 0.0569. The zero-order chi connectivity index (χ0) is 11.5. The van der Waals surface area contributed by atoms with Gasteiger partial charge in [0.05, 0.1) is 12.1 Å². The Hall–Kier alpha value is -0.940. The predicted octanol–water partition coefficient (Wildman–Crippen LogP) is 1.83. The second-order valence-electron chi connectivity index (χ2n) is 4.39. The normalized spacial score (nSPS) is 12.0. The molecule has 0 unspecified atom stereocenters. The van der Waals surface area contributed by atoms with Crippen LogP contribution in [0.15, 0.2) is 11.7 Å². The molecule has 0 radical (unpaired) electrons. The molecule has 0 bridgehead atoms. The number of nitrogens with zero attached hydrogens (tertiary/aromatic N) is 2.